The fourth-order valence-corrected chi connectivity index (χ4v) is 2.20. The number of methoxy groups -OCH3 is 1. The summed E-state index contributed by atoms with van der Waals surface area (Å²) < 4.78 is 4.53. The molecular formula is C13H17NO3S. The third kappa shape index (κ3) is 5.23. The van der Waals surface area contributed by atoms with Crippen LogP contribution in [0.15, 0.2) is 35.2 Å². The van der Waals surface area contributed by atoms with Crippen LogP contribution in [0.4, 0.5) is 0 Å². The third-order valence-electron chi connectivity index (χ3n) is 2.27. The van der Waals surface area contributed by atoms with Crippen molar-refractivity contribution in [2.75, 3.05) is 12.9 Å². The first kappa shape index (κ1) is 14.6. The Morgan fingerprint density at radius 1 is 1.33 bits per heavy atom. The second-order valence-electron chi connectivity index (χ2n) is 3.72. The molecule has 0 aliphatic rings. The summed E-state index contributed by atoms with van der Waals surface area (Å²) in [6.45, 7) is 1.61. The Morgan fingerprint density at radius 2 is 2.00 bits per heavy atom. The van der Waals surface area contributed by atoms with Crippen LogP contribution in [0.3, 0.4) is 0 Å². The molecule has 1 aromatic carbocycles. The summed E-state index contributed by atoms with van der Waals surface area (Å²) in [5, 5.41) is 2.59. The molecule has 0 aliphatic heterocycles. The molecule has 18 heavy (non-hydrogen) atoms. The molecule has 0 aromatic heterocycles. The molecule has 0 radical (unpaired) electrons. The molecule has 1 rings (SSSR count). The zero-order valence-electron chi connectivity index (χ0n) is 10.5. The molecule has 0 heterocycles. The van der Waals surface area contributed by atoms with E-state index in [4.69, 9.17) is 0 Å². The van der Waals surface area contributed by atoms with Crippen molar-refractivity contribution < 1.29 is 14.3 Å². The van der Waals surface area contributed by atoms with Crippen molar-refractivity contribution in [1.82, 2.24) is 5.32 Å². The van der Waals surface area contributed by atoms with Crippen LogP contribution < -0.4 is 5.32 Å². The van der Waals surface area contributed by atoms with Crippen LogP contribution in [-0.4, -0.2) is 30.8 Å². The van der Waals surface area contributed by atoms with E-state index in [1.54, 1.807) is 18.7 Å². The van der Waals surface area contributed by atoms with E-state index in [9.17, 15) is 9.59 Å². The smallest absolute Gasteiger partial charge is 0.328 e. The zero-order chi connectivity index (χ0) is 13.4. The maximum Gasteiger partial charge on any atom is 0.328 e. The van der Waals surface area contributed by atoms with Crippen molar-refractivity contribution in [2.24, 2.45) is 0 Å². The average molecular weight is 267 g/mol. The van der Waals surface area contributed by atoms with Gasteiger partial charge in [-0.05, 0) is 19.1 Å². The van der Waals surface area contributed by atoms with Crippen molar-refractivity contribution in [2.45, 2.75) is 24.3 Å². The summed E-state index contributed by atoms with van der Waals surface area (Å²) in [7, 11) is 1.30. The second-order valence-corrected chi connectivity index (χ2v) is 4.89. The molecule has 5 heteroatoms. The van der Waals surface area contributed by atoms with E-state index >= 15 is 0 Å². The fraction of sp³-hybridized carbons (Fsp3) is 0.385. The summed E-state index contributed by atoms with van der Waals surface area (Å²) in [5.74, 6) is 0.111. The van der Waals surface area contributed by atoms with E-state index < -0.39 is 12.0 Å². The Labute approximate surface area is 111 Å². The lowest BCUT2D eigenvalue weighted by molar-refractivity contribution is -0.144. The number of carbonyl (C=O) groups excluding carboxylic acids is 2. The Morgan fingerprint density at radius 3 is 2.61 bits per heavy atom. The first-order chi connectivity index (χ1) is 8.63. The predicted octanol–water partition coefficient (Wildman–Crippen LogP) is 1.85. The lowest BCUT2D eigenvalue weighted by atomic mass is 10.3. The van der Waals surface area contributed by atoms with Gasteiger partial charge in [-0.3, -0.25) is 4.79 Å². The summed E-state index contributed by atoms with van der Waals surface area (Å²) in [6, 6.07) is 9.28. The minimum Gasteiger partial charge on any atom is -0.467 e. The van der Waals surface area contributed by atoms with Crippen molar-refractivity contribution in [1.29, 1.82) is 0 Å². The topological polar surface area (TPSA) is 55.4 Å². The summed E-state index contributed by atoms with van der Waals surface area (Å²) in [4.78, 5) is 23.8. The number of amides is 1. The van der Waals surface area contributed by atoms with E-state index in [0.717, 1.165) is 4.90 Å². The van der Waals surface area contributed by atoms with E-state index in [1.807, 2.05) is 30.3 Å². The number of hydrogen-bond acceptors (Lipinski definition) is 4. The van der Waals surface area contributed by atoms with Gasteiger partial charge in [0.25, 0.3) is 0 Å². The average Bonchev–Trinajstić information content (AvgIpc) is 2.38. The van der Waals surface area contributed by atoms with Crippen molar-refractivity contribution in [3.8, 4) is 0 Å². The number of hydrogen-bond donors (Lipinski definition) is 1. The van der Waals surface area contributed by atoms with Crippen LogP contribution in [0.5, 0.6) is 0 Å². The first-order valence-electron chi connectivity index (χ1n) is 5.68. The number of benzene rings is 1. The number of rotatable bonds is 6. The molecule has 1 aromatic rings. The molecule has 1 atom stereocenters. The van der Waals surface area contributed by atoms with Crippen molar-refractivity contribution in [3.05, 3.63) is 30.3 Å². The van der Waals surface area contributed by atoms with Gasteiger partial charge in [-0.15, -0.1) is 11.8 Å². The van der Waals surface area contributed by atoms with Crippen LogP contribution in [0.2, 0.25) is 0 Å². The minimum absolute atomic E-state index is 0.142. The van der Waals surface area contributed by atoms with Gasteiger partial charge in [0.2, 0.25) is 5.91 Å². The van der Waals surface area contributed by atoms with Gasteiger partial charge in [0.05, 0.1) is 7.11 Å². The molecule has 1 N–H and O–H groups in total. The van der Waals surface area contributed by atoms with Gasteiger partial charge in [-0.25, -0.2) is 4.79 Å². The SMILES string of the molecule is COC(=O)[C@@H](C)NC(=O)CCSc1ccccc1. The molecule has 0 saturated heterocycles. The highest BCUT2D eigenvalue weighted by Gasteiger charge is 2.15. The highest BCUT2D eigenvalue weighted by Crippen LogP contribution is 2.17. The monoisotopic (exact) mass is 267 g/mol. The van der Waals surface area contributed by atoms with Crippen molar-refractivity contribution in [3.63, 3.8) is 0 Å². The summed E-state index contributed by atoms with van der Waals surface area (Å²) in [6.07, 6.45) is 0.376. The molecule has 4 nitrogen and oxygen atoms in total. The number of ether oxygens (including phenoxy) is 1. The van der Waals surface area contributed by atoms with Gasteiger partial charge < -0.3 is 10.1 Å². The van der Waals surface area contributed by atoms with Gasteiger partial charge >= 0.3 is 5.97 Å². The van der Waals surface area contributed by atoms with Crippen LogP contribution in [0.25, 0.3) is 0 Å². The largest absolute Gasteiger partial charge is 0.467 e. The Balaban J connectivity index is 2.23. The molecule has 0 unspecified atom stereocenters. The van der Waals surface area contributed by atoms with Crippen LogP contribution in [-0.2, 0) is 14.3 Å². The Bertz CT molecular complexity index is 394. The lowest BCUT2D eigenvalue weighted by Gasteiger charge is -2.11. The maximum absolute atomic E-state index is 11.5. The van der Waals surface area contributed by atoms with Crippen LogP contribution >= 0.6 is 11.8 Å². The summed E-state index contributed by atoms with van der Waals surface area (Å²) >= 11 is 1.61. The van der Waals surface area contributed by atoms with Gasteiger partial charge in [0, 0.05) is 17.1 Å². The normalized spacial score (nSPS) is 11.7. The fourth-order valence-electron chi connectivity index (χ4n) is 1.33. The number of carbonyl (C=O) groups is 2. The van der Waals surface area contributed by atoms with Crippen LogP contribution in [0, 0.1) is 0 Å². The molecule has 0 spiro atoms. The zero-order valence-corrected chi connectivity index (χ0v) is 11.3. The number of nitrogens with one attached hydrogen (secondary N) is 1. The predicted molar refractivity (Wildman–Crippen MR) is 71.4 cm³/mol. The van der Waals surface area contributed by atoms with E-state index in [0.29, 0.717) is 12.2 Å². The second kappa shape index (κ2) is 7.76. The standard InChI is InChI=1S/C13H17NO3S/c1-10(13(16)17-2)14-12(15)8-9-18-11-6-4-3-5-7-11/h3-7,10H,8-9H2,1-2H3,(H,14,15)/t10-/m1/s1. The molecule has 0 fully saturated rings. The minimum atomic E-state index is -0.593. The van der Waals surface area contributed by atoms with E-state index in [-0.39, 0.29) is 5.91 Å². The first-order valence-corrected chi connectivity index (χ1v) is 6.67. The van der Waals surface area contributed by atoms with E-state index in [2.05, 4.69) is 10.1 Å². The highest BCUT2D eigenvalue weighted by atomic mass is 32.2. The molecule has 98 valence electrons. The van der Waals surface area contributed by atoms with Gasteiger partial charge in [0.1, 0.15) is 6.04 Å². The van der Waals surface area contributed by atoms with Gasteiger partial charge in [-0.2, -0.15) is 0 Å². The third-order valence-corrected chi connectivity index (χ3v) is 3.29. The van der Waals surface area contributed by atoms with Gasteiger partial charge in [0.15, 0.2) is 0 Å². The molecule has 1 amide bonds. The Hall–Kier alpha value is -1.49. The van der Waals surface area contributed by atoms with Crippen LogP contribution in [0.1, 0.15) is 13.3 Å². The molecule has 0 aliphatic carbocycles. The number of thioether (sulfide) groups is 1. The molecule has 0 saturated carbocycles. The van der Waals surface area contributed by atoms with E-state index in [1.165, 1.54) is 7.11 Å². The number of esters is 1. The highest BCUT2D eigenvalue weighted by molar-refractivity contribution is 7.99. The summed E-state index contributed by atoms with van der Waals surface area (Å²) in [5.41, 5.74) is 0. The van der Waals surface area contributed by atoms with Gasteiger partial charge in [-0.1, -0.05) is 18.2 Å². The molecular weight excluding hydrogens is 250 g/mol. The van der Waals surface area contributed by atoms with Crippen molar-refractivity contribution >= 4 is 23.6 Å². The maximum atomic E-state index is 11.5. The molecule has 0 bridgehead atoms. The lowest BCUT2D eigenvalue weighted by Crippen LogP contribution is -2.39. The Kier molecular flexibility index (Phi) is 6.28. The quantitative estimate of drug-likeness (QED) is 0.631.